The molecule has 5 heteroatoms. The zero-order valence-corrected chi connectivity index (χ0v) is 15.1. The number of hydrogen-bond acceptors (Lipinski definition) is 4. The average molecular weight is 345 g/mol. The molecule has 2 fully saturated rings. The molecule has 0 radical (unpaired) electrons. The van der Waals surface area contributed by atoms with Crippen LogP contribution in [-0.2, 0) is 22.6 Å². The molecule has 1 amide bonds. The summed E-state index contributed by atoms with van der Waals surface area (Å²) < 4.78 is 5.68. The van der Waals surface area contributed by atoms with Crippen LogP contribution in [0.4, 0.5) is 0 Å². The zero-order valence-electron chi connectivity index (χ0n) is 15.1. The summed E-state index contributed by atoms with van der Waals surface area (Å²) >= 11 is 0. The highest BCUT2D eigenvalue weighted by Gasteiger charge is 2.29. The first kappa shape index (κ1) is 18.4. The fourth-order valence-electron chi connectivity index (χ4n) is 3.79. The van der Waals surface area contributed by atoms with E-state index >= 15 is 0 Å². The largest absolute Gasteiger partial charge is 0.364 e. The minimum Gasteiger partial charge on any atom is -0.364 e. The monoisotopic (exact) mass is 345 g/mol. The van der Waals surface area contributed by atoms with E-state index in [1.807, 2.05) is 6.07 Å². The van der Waals surface area contributed by atoms with Crippen LogP contribution in [0.1, 0.15) is 49.7 Å². The van der Waals surface area contributed by atoms with Gasteiger partial charge in [0.1, 0.15) is 6.10 Å². The lowest BCUT2D eigenvalue weighted by Crippen LogP contribution is -2.35. The molecular formula is C20H31N3O2. The van der Waals surface area contributed by atoms with E-state index in [0.717, 1.165) is 19.4 Å². The van der Waals surface area contributed by atoms with Gasteiger partial charge in [0.05, 0.1) is 6.10 Å². The lowest BCUT2D eigenvalue weighted by atomic mass is 10.1. The van der Waals surface area contributed by atoms with Crippen molar-refractivity contribution in [1.82, 2.24) is 10.2 Å². The van der Waals surface area contributed by atoms with Crippen molar-refractivity contribution < 1.29 is 9.53 Å². The van der Waals surface area contributed by atoms with Crippen molar-refractivity contribution in [3.63, 3.8) is 0 Å². The third-order valence-corrected chi connectivity index (χ3v) is 5.33. The fraction of sp³-hybridized carbons (Fsp3) is 0.650. The van der Waals surface area contributed by atoms with Crippen molar-refractivity contribution in [3.05, 3.63) is 35.4 Å². The summed E-state index contributed by atoms with van der Waals surface area (Å²) in [6.07, 6.45) is 6.61. The van der Waals surface area contributed by atoms with Gasteiger partial charge in [-0.05, 0) is 49.9 Å². The number of nitrogens with one attached hydrogen (secondary N) is 1. The highest BCUT2D eigenvalue weighted by molar-refractivity contribution is 5.81. The summed E-state index contributed by atoms with van der Waals surface area (Å²) in [5, 5.41) is 3.05. The number of nitrogens with two attached hydrogens (primary N) is 1. The molecule has 0 unspecified atom stereocenters. The first-order valence-corrected chi connectivity index (χ1v) is 9.68. The maximum atomic E-state index is 12.3. The van der Waals surface area contributed by atoms with Crippen molar-refractivity contribution in [2.24, 2.45) is 5.73 Å². The fourth-order valence-corrected chi connectivity index (χ4v) is 3.79. The van der Waals surface area contributed by atoms with E-state index in [2.05, 4.69) is 28.4 Å². The number of amides is 1. The number of nitrogens with zero attached hydrogens (tertiary/aromatic N) is 1. The standard InChI is InChI=1S/C20H31N3O2/c21-13-18-9-10-19(25-18)20(24)22-14-16-7-3-4-8-17(16)15-23-11-5-1-2-6-12-23/h3-4,7-8,18-19H,1-2,5-6,9-15,21H2,(H,22,24)/t18-,19+/m1/s1. The number of benzene rings is 1. The molecule has 3 N–H and O–H groups in total. The highest BCUT2D eigenvalue weighted by atomic mass is 16.5. The van der Waals surface area contributed by atoms with Crippen LogP contribution < -0.4 is 11.1 Å². The molecule has 0 bridgehead atoms. The van der Waals surface area contributed by atoms with Gasteiger partial charge in [0.25, 0.3) is 0 Å². The molecule has 138 valence electrons. The van der Waals surface area contributed by atoms with E-state index < -0.39 is 0 Å². The molecule has 5 nitrogen and oxygen atoms in total. The van der Waals surface area contributed by atoms with Crippen LogP contribution in [0.15, 0.2) is 24.3 Å². The molecule has 1 aromatic carbocycles. The van der Waals surface area contributed by atoms with Crippen LogP contribution in [0.3, 0.4) is 0 Å². The Morgan fingerprint density at radius 2 is 1.84 bits per heavy atom. The average Bonchev–Trinajstić information content (AvgIpc) is 2.98. The van der Waals surface area contributed by atoms with E-state index in [1.54, 1.807) is 0 Å². The number of carbonyl (C=O) groups is 1. The van der Waals surface area contributed by atoms with Crippen LogP contribution in [0, 0.1) is 0 Å². The Kier molecular flexibility index (Phi) is 6.84. The molecule has 2 aliphatic rings. The second-order valence-corrected chi connectivity index (χ2v) is 7.24. The summed E-state index contributed by atoms with van der Waals surface area (Å²) in [6.45, 7) is 4.38. The minimum atomic E-state index is -0.341. The summed E-state index contributed by atoms with van der Waals surface area (Å²) in [4.78, 5) is 14.9. The summed E-state index contributed by atoms with van der Waals surface area (Å²) in [7, 11) is 0. The van der Waals surface area contributed by atoms with Gasteiger partial charge in [-0.15, -0.1) is 0 Å². The number of rotatable bonds is 6. The van der Waals surface area contributed by atoms with Crippen LogP contribution in [0.5, 0.6) is 0 Å². The smallest absolute Gasteiger partial charge is 0.249 e. The Hall–Kier alpha value is -1.43. The van der Waals surface area contributed by atoms with Gasteiger partial charge < -0.3 is 15.8 Å². The van der Waals surface area contributed by atoms with E-state index in [-0.39, 0.29) is 18.1 Å². The highest BCUT2D eigenvalue weighted by Crippen LogP contribution is 2.20. The maximum absolute atomic E-state index is 12.3. The first-order valence-electron chi connectivity index (χ1n) is 9.68. The van der Waals surface area contributed by atoms with Gasteiger partial charge in [-0.2, -0.15) is 0 Å². The van der Waals surface area contributed by atoms with Gasteiger partial charge in [0, 0.05) is 19.6 Å². The summed E-state index contributed by atoms with van der Waals surface area (Å²) in [5.74, 6) is -0.0134. The van der Waals surface area contributed by atoms with Gasteiger partial charge in [0.15, 0.2) is 0 Å². The van der Waals surface area contributed by atoms with Crippen molar-refractivity contribution in [1.29, 1.82) is 0 Å². The quantitative estimate of drug-likeness (QED) is 0.829. The lowest BCUT2D eigenvalue weighted by Gasteiger charge is -2.22. The molecule has 0 aliphatic carbocycles. The number of likely N-dealkylation sites (tertiary alicyclic amines) is 1. The van der Waals surface area contributed by atoms with Gasteiger partial charge in [-0.25, -0.2) is 0 Å². The molecule has 0 aromatic heterocycles. The van der Waals surface area contributed by atoms with Crippen LogP contribution in [0.2, 0.25) is 0 Å². The molecule has 0 saturated carbocycles. The Morgan fingerprint density at radius 1 is 1.12 bits per heavy atom. The molecule has 3 rings (SSSR count). The van der Waals surface area contributed by atoms with Crippen molar-refractivity contribution in [2.45, 2.75) is 63.8 Å². The van der Waals surface area contributed by atoms with Gasteiger partial charge in [-0.3, -0.25) is 9.69 Å². The van der Waals surface area contributed by atoms with Crippen LogP contribution >= 0.6 is 0 Å². The van der Waals surface area contributed by atoms with Gasteiger partial charge >= 0.3 is 0 Å². The van der Waals surface area contributed by atoms with E-state index in [1.165, 1.54) is 49.9 Å². The molecular weight excluding hydrogens is 314 g/mol. The molecule has 25 heavy (non-hydrogen) atoms. The normalized spacial score (nSPS) is 24.8. The topological polar surface area (TPSA) is 67.6 Å². The lowest BCUT2D eigenvalue weighted by molar-refractivity contribution is -0.132. The predicted octanol–water partition coefficient (Wildman–Crippen LogP) is 2.19. The Bertz CT molecular complexity index is 556. The third-order valence-electron chi connectivity index (χ3n) is 5.33. The molecule has 2 atom stereocenters. The van der Waals surface area contributed by atoms with Crippen LogP contribution in [-0.4, -0.2) is 42.6 Å². The second kappa shape index (κ2) is 9.32. The summed E-state index contributed by atoms with van der Waals surface area (Å²) in [5.41, 5.74) is 8.14. The van der Waals surface area contributed by atoms with E-state index in [4.69, 9.17) is 10.5 Å². The molecule has 2 heterocycles. The molecule has 2 aliphatic heterocycles. The SMILES string of the molecule is NC[C@H]1CC[C@@H](C(=O)NCc2ccccc2CN2CCCCCC2)O1. The molecule has 2 saturated heterocycles. The number of ether oxygens (including phenoxy) is 1. The molecule has 0 spiro atoms. The predicted molar refractivity (Wildman–Crippen MR) is 99.0 cm³/mol. The Balaban J connectivity index is 1.54. The van der Waals surface area contributed by atoms with Gasteiger partial charge in [0.2, 0.25) is 5.91 Å². The van der Waals surface area contributed by atoms with Gasteiger partial charge in [-0.1, -0.05) is 37.1 Å². The van der Waals surface area contributed by atoms with Crippen LogP contribution in [0.25, 0.3) is 0 Å². The second-order valence-electron chi connectivity index (χ2n) is 7.24. The van der Waals surface area contributed by atoms with Crippen molar-refractivity contribution >= 4 is 5.91 Å². The van der Waals surface area contributed by atoms with Crippen molar-refractivity contribution in [3.8, 4) is 0 Å². The number of carbonyl (C=O) groups excluding carboxylic acids is 1. The van der Waals surface area contributed by atoms with E-state index in [9.17, 15) is 4.79 Å². The third kappa shape index (κ3) is 5.27. The minimum absolute atomic E-state index is 0.0134. The summed E-state index contributed by atoms with van der Waals surface area (Å²) in [6, 6.07) is 8.43. The zero-order chi connectivity index (χ0) is 17.5. The van der Waals surface area contributed by atoms with Crippen molar-refractivity contribution in [2.75, 3.05) is 19.6 Å². The Labute approximate surface area is 150 Å². The van der Waals surface area contributed by atoms with E-state index in [0.29, 0.717) is 13.1 Å². The molecule has 1 aromatic rings. The first-order chi connectivity index (χ1) is 12.3. The number of hydrogen-bond donors (Lipinski definition) is 2. The maximum Gasteiger partial charge on any atom is 0.249 e. The Morgan fingerprint density at radius 3 is 2.52 bits per heavy atom.